The lowest BCUT2D eigenvalue weighted by atomic mass is 10.0. The number of benzene rings is 2. The van der Waals surface area contributed by atoms with E-state index in [-0.39, 0.29) is 0 Å². The highest BCUT2D eigenvalue weighted by Crippen LogP contribution is 2.42. The fraction of sp³-hybridized carbons (Fsp3) is 0.419. The third kappa shape index (κ3) is 5.53. The van der Waals surface area contributed by atoms with Crippen LogP contribution in [-0.4, -0.2) is 90.7 Å². The van der Waals surface area contributed by atoms with E-state index in [0.717, 1.165) is 56.4 Å². The summed E-state index contributed by atoms with van der Waals surface area (Å²) in [6.07, 6.45) is 4.93. The van der Waals surface area contributed by atoms with Gasteiger partial charge in [0.25, 0.3) is 0 Å². The molecular formula is C31H36BrN8O3P. The molecule has 0 saturated carbocycles. The molecule has 2 N–H and O–H groups in total. The van der Waals surface area contributed by atoms with E-state index in [4.69, 9.17) is 14.5 Å². The van der Waals surface area contributed by atoms with E-state index >= 15 is 0 Å². The highest BCUT2D eigenvalue weighted by molar-refractivity contribution is 9.10. The van der Waals surface area contributed by atoms with Crippen LogP contribution < -0.4 is 25.6 Å². The molecule has 4 aromatic rings. The summed E-state index contributed by atoms with van der Waals surface area (Å²) in [7, 11) is -1.05. The van der Waals surface area contributed by atoms with E-state index in [1.165, 1.54) is 5.69 Å². The average Bonchev–Trinajstić information content (AvgIpc) is 3.52. The average molecular weight is 680 g/mol. The predicted molar refractivity (Wildman–Crippen MR) is 178 cm³/mol. The molecule has 13 heteroatoms. The van der Waals surface area contributed by atoms with Crippen LogP contribution in [0.5, 0.6) is 5.75 Å². The Morgan fingerprint density at radius 2 is 1.75 bits per heavy atom. The molecule has 2 aromatic carbocycles. The van der Waals surface area contributed by atoms with Gasteiger partial charge < -0.3 is 29.6 Å². The van der Waals surface area contributed by atoms with Gasteiger partial charge in [0.2, 0.25) is 5.95 Å². The van der Waals surface area contributed by atoms with Gasteiger partial charge in [0.1, 0.15) is 24.2 Å². The summed E-state index contributed by atoms with van der Waals surface area (Å²) in [5.41, 5.74) is 5.11. The summed E-state index contributed by atoms with van der Waals surface area (Å²) in [5.74, 6) is 3.02. The van der Waals surface area contributed by atoms with Crippen molar-refractivity contribution in [2.45, 2.75) is 13.0 Å². The van der Waals surface area contributed by atoms with E-state index in [0.29, 0.717) is 56.1 Å². The van der Waals surface area contributed by atoms with Crippen LogP contribution in [0.25, 0.3) is 11.0 Å². The van der Waals surface area contributed by atoms with Gasteiger partial charge in [-0.15, -0.1) is 0 Å². The molecule has 0 spiro atoms. The molecule has 0 amide bonds. The summed E-state index contributed by atoms with van der Waals surface area (Å²) >= 11 is 3.57. The Morgan fingerprint density at radius 3 is 2.43 bits per heavy atom. The second kappa shape index (κ2) is 11.6. The van der Waals surface area contributed by atoms with Crippen molar-refractivity contribution in [2.24, 2.45) is 11.8 Å². The smallest absolute Gasteiger partial charge is 0.229 e. The summed E-state index contributed by atoms with van der Waals surface area (Å²) in [6.45, 7) is 11.8. The normalized spacial score (nSPS) is 20.5. The van der Waals surface area contributed by atoms with Crippen LogP contribution in [0.15, 0.2) is 47.3 Å². The lowest BCUT2D eigenvalue weighted by molar-refractivity contribution is -0.0590. The number of nitrogens with zero attached hydrogens (tertiary/aromatic N) is 6. The number of rotatable bonds is 8. The van der Waals surface area contributed by atoms with Crippen LogP contribution >= 0.6 is 23.1 Å². The van der Waals surface area contributed by atoms with Gasteiger partial charge in [-0.3, -0.25) is 14.9 Å². The molecule has 3 aliphatic heterocycles. The molecule has 3 saturated heterocycles. The highest BCUT2D eigenvalue weighted by atomic mass is 79.9. The predicted octanol–water partition coefficient (Wildman–Crippen LogP) is 5.00. The van der Waals surface area contributed by atoms with Crippen LogP contribution in [0.3, 0.4) is 0 Å². The number of hydrogen-bond donors (Lipinski definition) is 2. The van der Waals surface area contributed by atoms with Gasteiger partial charge in [-0.05, 0) is 71.8 Å². The van der Waals surface area contributed by atoms with Gasteiger partial charge in [0, 0.05) is 56.5 Å². The number of halogens is 1. The number of aromatic nitrogens is 4. The fourth-order valence-electron chi connectivity index (χ4n) is 6.67. The Balaban J connectivity index is 1.12. The molecule has 230 valence electrons. The zero-order chi connectivity index (χ0) is 30.6. The zero-order valence-corrected chi connectivity index (χ0v) is 27.7. The quantitative estimate of drug-likeness (QED) is 0.245. The molecule has 0 aliphatic carbocycles. The third-order valence-electron chi connectivity index (χ3n) is 8.91. The first kappa shape index (κ1) is 29.4. The van der Waals surface area contributed by atoms with Crippen LogP contribution in [0.1, 0.15) is 5.56 Å². The van der Waals surface area contributed by atoms with Crippen molar-refractivity contribution in [2.75, 3.05) is 75.4 Å². The maximum atomic E-state index is 13.4. The Labute approximate surface area is 265 Å². The summed E-state index contributed by atoms with van der Waals surface area (Å²) in [5, 5.41) is 7.35. The van der Waals surface area contributed by atoms with E-state index in [1.54, 1.807) is 39.0 Å². The Bertz CT molecular complexity index is 1770. The standard InChI is InChI=1S/C31H36BrN8O3P/c1-18-9-25(27(42-2)10-26(18)40-14-19-12-39(13-20(19)15-40)21-16-43-17-21)37-31-35-11-22(32)30(38-31)36-24-6-5-23-28(34-8-7-33-23)29(24)44(3,4)41/h5-11,19-21H,12-17H2,1-4H3,(H2,35,36,37,38)/t19-,20?/m1/s1. The highest BCUT2D eigenvalue weighted by Gasteiger charge is 2.43. The number of likely N-dealkylation sites (tertiary alicyclic amines) is 1. The molecule has 7 rings (SSSR count). The van der Waals surface area contributed by atoms with Crippen molar-refractivity contribution in [3.63, 3.8) is 0 Å². The lowest BCUT2D eigenvalue weighted by Crippen LogP contribution is -2.48. The molecule has 2 aromatic heterocycles. The second-order valence-corrected chi connectivity index (χ2v) is 16.3. The van der Waals surface area contributed by atoms with Crippen molar-refractivity contribution in [1.82, 2.24) is 24.8 Å². The molecule has 5 heterocycles. The molecule has 0 bridgehead atoms. The van der Waals surface area contributed by atoms with E-state index in [2.05, 4.69) is 70.4 Å². The van der Waals surface area contributed by atoms with Gasteiger partial charge in [-0.25, -0.2) is 4.98 Å². The van der Waals surface area contributed by atoms with Gasteiger partial charge in [-0.1, -0.05) is 0 Å². The molecule has 11 nitrogen and oxygen atoms in total. The molecular weight excluding hydrogens is 643 g/mol. The number of aryl methyl sites for hydroxylation is 1. The van der Waals surface area contributed by atoms with Crippen LogP contribution in [0.2, 0.25) is 0 Å². The number of hydrogen-bond acceptors (Lipinski definition) is 11. The molecule has 3 aliphatic rings. The van der Waals surface area contributed by atoms with Gasteiger partial charge in [-0.2, -0.15) is 4.98 Å². The number of anilines is 5. The Kier molecular flexibility index (Phi) is 7.73. The van der Waals surface area contributed by atoms with Crippen LogP contribution in [-0.2, 0) is 9.30 Å². The molecule has 2 atom stereocenters. The SMILES string of the molecule is COc1cc(N2CC3CN(C4COC4)C[C@@H]3C2)c(C)cc1Nc1ncc(Br)c(Nc2ccc3nccnc3c2P(C)(C)=O)n1. The molecule has 1 unspecified atom stereocenters. The fourth-order valence-corrected chi connectivity index (χ4v) is 8.36. The lowest BCUT2D eigenvalue weighted by Gasteiger charge is -2.35. The Morgan fingerprint density at radius 1 is 1.00 bits per heavy atom. The topological polar surface area (TPSA) is 118 Å². The Hall–Kier alpha value is -3.31. The van der Waals surface area contributed by atoms with Crippen molar-refractivity contribution >= 4 is 68.2 Å². The van der Waals surface area contributed by atoms with E-state index in [9.17, 15) is 4.57 Å². The minimum atomic E-state index is -2.73. The number of nitrogens with one attached hydrogen (secondary N) is 2. The van der Waals surface area contributed by atoms with Crippen molar-refractivity contribution in [3.8, 4) is 5.75 Å². The summed E-state index contributed by atoms with van der Waals surface area (Å²) in [6, 6.07) is 8.56. The molecule has 0 radical (unpaired) electrons. The number of methoxy groups -OCH3 is 1. The number of fused-ring (bicyclic) bond motifs is 2. The molecule has 3 fully saturated rings. The van der Waals surface area contributed by atoms with Crippen molar-refractivity contribution in [1.29, 1.82) is 0 Å². The first-order valence-electron chi connectivity index (χ1n) is 14.8. The van der Waals surface area contributed by atoms with Crippen molar-refractivity contribution < 1.29 is 14.0 Å². The first-order chi connectivity index (χ1) is 21.2. The van der Waals surface area contributed by atoms with Crippen LogP contribution in [0, 0.1) is 18.8 Å². The largest absolute Gasteiger partial charge is 0.494 e. The minimum absolute atomic E-state index is 0.398. The van der Waals surface area contributed by atoms with Gasteiger partial charge in [0.15, 0.2) is 0 Å². The monoisotopic (exact) mass is 678 g/mol. The van der Waals surface area contributed by atoms with Crippen LogP contribution in [0.4, 0.5) is 28.8 Å². The maximum absolute atomic E-state index is 13.4. The first-order valence-corrected chi connectivity index (χ1v) is 18.2. The maximum Gasteiger partial charge on any atom is 0.229 e. The molecule has 44 heavy (non-hydrogen) atoms. The minimum Gasteiger partial charge on any atom is -0.494 e. The van der Waals surface area contributed by atoms with Crippen molar-refractivity contribution in [3.05, 3.63) is 52.9 Å². The van der Waals surface area contributed by atoms with E-state index in [1.807, 2.05) is 12.1 Å². The second-order valence-electron chi connectivity index (χ2n) is 12.3. The third-order valence-corrected chi connectivity index (χ3v) is 11.0. The summed E-state index contributed by atoms with van der Waals surface area (Å²) < 4.78 is 25.3. The van der Waals surface area contributed by atoms with Gasteiger partial charge in [0.05, 0.1) is 53.0 Å². The van der Waals surface area contributed by atoms with E-state index < -0.39 is 7.14 Å². The number of ether oxygens (including phenoxy) is 2. The van der Waals surface area contributed by atoms with Gasteiger partial charge >= 0.3 is 0 Å². The zero-order valence-electron chi connectivity index (χ0n) is 25.2. The summed E-state index contributed by atoms with van der Waals surface area (Å²) in [4.78, 5) is 23.3.